The Labute approximate surface area is 96.0 Å². The van der Waals surface area contributed by atoms with Crippen LogP contribution in [0, 0.1) is 11.8 Å². The smallest absolute Gasteiger partial charge is 0.297 e. The van der Waals surface area contributed by atoms with Crippen LogP contribution in [0.1, 0.15) is 25.0 Å². The van der Waals surface area contributed by atoms with Crippen LogP contribution in [0.3, 0.4) is 0 Å². The SMILES string of the molecule is CNCc1coc(N2CC3CCCC3C2)n1. The number of fused-ring (bicyclic) bond motifs is 1. The average Bonchev–Trinajstić information content (AvgIpc) is 2.88. The van der Waals surface area contributed by atoms with Crippen LogP contribution in [0.5, 0.6) is 0 Å². The zero-order valence-corrected chi connectivity index (χ0v) is 9.78. The molecule has 0 radical (unpaired) electrons. The first-order valence-electron chi connectivity index (χ1n) is 6.21. The van der Waals surface area contributed by atoms with E-state index >= 15 is 0 Å². The largest absolute Gasteiger partial charge is 0.432 e. The molecule has 1 aromatic rings. The normalized spacial score (nSPS) is 28.7. The third-order valence-corrected chi connectivity index (χ3v) is 3.89. The molecule has 2 unspecified atom stereocenters. The fourth-order valence-corrected chi connectivity index (χ4v) is 3.10. The molecule has 2 aliphatic rings. The third kappa shape index (κ3) is 1.71. The molecule has 2 heterocycles. The van der Waals surface area contributed by atoms with Gasteiger partial charge in [-0.05, 0) is 31.7 Å². The van der Waals surface area contributed by atoms with Crippen molar-refractivity contribution in [3.63, 3.8) is 0 Å². The number of oxazole rings is 1. The molecule has 16 heavy (non-hydrogen) atoms. The van der Waals surface area contributed by atoms with Gasteiger partial charge in [0.2, 0.25) is 0 Å². The molecule has 2 atom stereocenters. The standard InChI is InChI=1S/C12H19N3O/c1-13-5-11-8-16-12(14-11)15-6-9-3-2-4-10(9)7-15/h8-10,13H,2-7H2,1H3. The van der Waals surface area contributed by atoms with E-state index in [1.807, 2.05) is 7.05 Å². The number of anilines is 1. The molecule has 0 aromatic carbocycles. The zero-order chi connectivity index (χ0) is 11.0. The summed E-state index contributed by atoms with van der Waals surface area (Å²) >= 11 is 0. The van der Waals surface area contributed by atoms with Gasteiger partial charge in [-0.25, -0.2) is 0 Å². The average molecular weight is 221 g/mol. The zero-order valence-electron chi connectivity index (χ0n) is 9.78. The highest BCUT2D eigenvalue weighted by Crippen LogP contribution is 2.39. The van der Waals surface area contributed by atoms with Crippen molar-refractivity contribution in [1.29, 1.82) is 0 Å². The molecule has 0 spiro atoms. The predicted octanol–water partition coefficient (Wildman–Crippen LogP) is 1.63. The lowest BCUT2D eigenvalue weighted by Gasteiger charge is -2.13. The maximum absolute atomic E-state index is 5.54. The molecule has 1 saturated heterocycles. The van der Waals surface area contributed by atoms with Gasteiger partial charge in [0.05, 0.1) is 5.69 Å². The van der Waals surface area contributed by atoms with Crippen LogP contribution in [-0.2, 0) is 6.54 Å². The van der Waals surface area contributed by atoms with Crippen molar-refractivity contribution in [2.45, 2.75) is 25.8 Å². The Kier molecular flexibility index (Phi) is 2.59. The minimum Gasteiger partial charge on any atom is -0.432 e. The Balaban J connectivity index is 1.68. The van der Waals surface area contributed by atoms with Gasteiger partial charge in [0, 0.05) is 19.6 Å². The summed E-state index contributed by atoms with van der Waals surface area (Å²) in [5.74, 6) is 1.78. The number of hydrogen-bond donors (Lipinski definition) is 1. The van der Waals surface area contributed by atoms with Gasteiger partial charge >= 0.3 is 0 Å². The van der Waals surface area contributed by atoms with E-state index in [2.05, 4.69) is 15.2 Å². The molecule has 3 rings (SSSR count). The summed E-state index contributed by atoms with van der Waals surface area (Å²) < 4.78 is 5.54. The van der Waals surface area contributed by atoms with Crippen molar-refractivity contribution in [2.24, 2.45) is 11.8 Å². The predicted molar refractivity (Wildman–Crippen MR) is 62.3 cm³/mol. The van der Waals surface area contributed by atoms with E-state index in [4.69, 9.17) is 4.42 Å². The van der Waals surface area contributed by atoms with E-state index < -0.39 is 0 Å². The van der Waals surface area contributed by atoms with Gasteiger partial charge < -0.3 is 14.6 Å². The van der Waals surface area contributed by atoms with Crippen LogP contribution < -0.4 is 10.2 Å². The molecule has 1 aromatic heterocycles. The van der Waals surface area contributed by atoms with Crippen molar-refractivity contribution in [1.82, 2.24) is 10.3 Å². The van der Waals surface area contributed by atoms with E-state index in [1.165, 1.54) is 19.3 Å². The number of nitrogens with zero attached hydrogens (tertiary/aromatic N) is 2. The Morgan fingerprint density at radius 3 is 2.88 bits per heavy atom. The summed E-state index contributed by atoms with van der Waals surface area (Å²) in [5, 5.41) is 3.09. The van der Waals surface area contributed by atoms with Crippen LogP contribution >= 0.6 is 0 Å². The summed E-state index contributed by atoms with van der Waals surface area (Å²) in [6, 6.07) is 0.819. The maximum Gasteiger partial charge on any atom is 0.297 e. The van der Waals surface area contributed by atoms with Crippen LogP contribution in [0.4, 0.5) is 6.01 Å². The molecular weight excluding hydrogens is 202 g/mol. The monoisotopic (exact) mass is 221 g/mol. The van der Waals surface area contributed by atoms with Crippen LogP contribution in [-0.4, -0.2) is 25.1 Å². The lowest BCUT2D eigenvalue weighted by atomic mass is 10.0. The van der Waals surface area contributed by atoms with E-state index in [0.29, 0.717) is 0 Å². The van der Waals surface area contributed by atoms with E-state index in [9.17, 15) is 0 Å². The van der Waals surface area contributed by atoms with E-state index in [-0.39, 0.29) is 0 Å². The van der Waals surface area contributed by atoms with Crippen molar-refractivity contribution < 1.29 is 4.42 Å². The highest BCUT2D eigenvalue weighted by molar-refractivity contribution is 5.30. The van der Waals surface area contributed by atoms with Gasteiger partial charge in [-0.3, -0.25) is 0 Å². The second-order valence-corrected chi connectivity index (χ2v) is 5.01. The molecular formula is C12H19N3O. The minimum absolute atomic E-state index is 0.782. The second kappa shape index (κ2) is 4.09. The molecule has 1 aliphatic heterocycles. The molecule has 0 bridgehead atoms. The molecule has 2 fully saturated rings. The van der Waals surface area contributed by atoms with E-state index in [1.54, 1.807) is 6.26 Å². The molecule has 4 heteroatoms. The lowest BCUT2D eigenvalue weighted by Crippen LogP contribution is -2.21. The van der Waals surface area contributed by atoms with Crippen molar-refractivity contribution in [3.8, 4) is 0 Å². The van der Waals surface area contributed by atoms with Crippen molar-refractivity contribution >= 4 is 6.01 Å². The first-order chi connectivity index (χ1) is 7.86. The van der Waals surface area contributed by atoms with Gasteiger partial charge in [0.1, 0.15) is 6.26 Å². The van der Waals surface area contributed by atoms with Crippen LogP contribution in [0.15, 0.2) is 10.7 Å². The summed E-state index contributed by atoms with van der Waals surface area (Å²) in [6.07, 6.45) is 5.97. The quantitative estimate of drug-likeness (QED) is 0.842. The fraction of sp³-hybridized carbons (Fsp3) is 0.750. The van der Waals surface area contributed by atoms with Crippen molar-refractivity contribution in [3.05, 3.63) is 12.0 Å². The van der Waals surface area contributed by atoms with Crippen LogP contribution in [0.2, 0.25) is 0 Å². The Morgan fingerprint density at radius 2 is 2.19 bits per heavy atom. The Hall–Kier alpha value is -1.03. The van der Waals surface area contributed by atoms with Crippen molar-refractivity contribution in [2.75, 3.05) is 25.0 Å². The lowest BCUT2D eigenvalue weighted by molar-refractivity contribution is 0.494. The Morgan fingerprint density at radius 1 is 1.44 bits per heavy atom. The third-order valence-electron chi connectivity index (χ3n) is 3.89. The molecule has 1 aliphatic carbocycles. The fourth-order valence-electron chi connectivity index (χ4n) is 3.10. The highest BCUT2D eigenvalue weighted by atomic mass is 16.4. The van der Waals surface area contributed by atoms with Crippen LogP contribution in [0.25, 0.3) is 0 Å². The summed E-state index contributed by atoms with van der Waals surface area (Å²) in [7, 11) is 1.93. The van der Waals surface area contributed by atoms with Gasteiger partial charge in [-0.1, -0.05) is 6.42 Å². The summed E-state index contributed by atoms with van der Waals surface area (Å²) in [4.78, 5) is 6.82. The Bertz CT molecular complexity index is 351. The minimum atomic E-state index is 0.782. The topological polar surface area (TPSA) is 41.3 Å². The number of hydrogen-bond acceptors (Lipinski definition) is 4. The highest BCUT2D eigenvalue weighted by Gasteiger charge is 2.37. The maximum atomic E-state index is 5.54. The first kappa shape index (κ1) is 10.1. The number of rotatable bonds is 3. The van der Waals surface area contributed by atoms with E-state index in [0.717, 1.165) is 43.2 Å². The van der Waals surface area contributed by atoms with Gasteiger partial charge in [-0.15, -0.1) is 0 Å². The summed E-state index contributed by atoms with van der Waals surface area (Å²) in [6.45, 7) is 3.07. The molecule has 1 N–H and O–H groups in total. The van der Waals surface area contributed by atoms with Gasteiger partial charge in [0.15, 0.2) is 0 Å². The molecule has 4 nitrogen and oxygen atoms in total. The van der Waals surface area contributed by atoms with Gasteiger partial charge in [0.25, 0.3) is 6.01 Å². The summed E-state index contributed by atoms with van der Waals surface area (Å²) in [5.41, 5.74) is 0.995. The number of aromatic nitrogens is 1. The number of nitrogens with one attached hydrogen (secondary N) is 1. The van der Waals surface area contributed by atoms with Gasteiger partial charge in [-0.2, -0.15) is 4.98 Å². The molecule has 0 amide bonds. The first-order valence-corrected chi connectivity index (χ1v) is 6.21. The molecule has 1 saturated carbocycles. The second-order valence-electron chi connectivity index (χ2n) is 5.01. The molecule has 88 valence electrons.